The number of nitrogens with zero attached hydrogens (tertiary/aromatic N) is 1. The molecule has 0 atom stereocenters. The Kier molecular flexibility index (Phi) is 11.9. The van der Waals surface area contributed by atoms with Gasteiger partial charge < -0.3 is 20.7 Å². The third-order valence-corrected chi connectivity index (χ3v) is 4.47. The fourth-order valence-electron chi connectivity index (χ4n) is 2.94. The molecule has 0 saturated heterocycles. The summed E-state index contributed by atoms with van der Waals surface area (Å²) < 4.78 is 5.40. The number of aliphatic imine (C=N–C) groups is 1. The fourth-order valence-corrected chi connectivity index (χ4v) is 2.94. The fraction of sp³-hybridized carbons (Fsp3) is 0.391. The SMILES string of the molecule is CCNC(=NCCc1ccc(NC(C)=O)cc1)NCCc1ccc(C)c(OC)c1.I. The molecule has 0 aliphatic heterocycles. The third-order valence-electron chi connectivity index (χ3n) is 4.47. The number of aryl methyl sites for hydroxylation is 1. The minimum Gasteiger partial charge on any atom is -0.496 e. The first-order chi connectivity index (χ1) is 14.0. The predicted molar refractivity (Wildman–Crippen MR) is 135 cm³/mol. The van der Waals surface area contributed by atoms with E-state index < -0.39 is 0 Å². The van der Waals surface area contributed by atoms with E-state index in [9.17, 15) is 4.79 Å². The molecule has 0 aliphatic carbocycles. The van der Waals surface area contributed by atoms with Crippen LogP contribution in [0.4, 0.5) is 5.69 Å². The molecule has 30 heavy (non-hydrogen) atoms. The van der Waals surface area contributed by atoms with Gasteiger partial charge in [-0.05, 0) is 61.6 Å². The van der Waals surface area contributed by atoms with Gasteiger partial charge in [0.2, 0.25) is 5.91 Å². The summed E-state index contributed by atoms with van der Waals surface area (Å²) in [4.78, 5) is 15.7. The molecule has 0 saturated carbocycles. The number of hydrogen-bond donors (Lipinski definition) is 3. The lowest BCUT2D eigenvalue weighted by Gasteiger charge is -2.12. The van der Waals surface area contributed by atoms with E-state index in [2.05, 4.69) is 46.1 Å². The van der Waals surface area contributed by atoms with Crippen LogP contribution >= 0.6 is 24.0 Å². The number of rotatable bonds is 9. The van der Waals surface area contributed by atoms with Crippen LogP contribution in [-0.2, 0) is 17.6 Å². The van der Waals surface area contributed by atoms with Crippen LogP contribution in [0.3, 0.4) is 0 Å². The van der Waals surface area contributed by atoms with Crippen LogP contribution in [0, 0.1) is 6.92 Å². The molecule has 2 rings (SSSR count). The van der Waals surface area contributed by atoms with Gasteiger partial charge in [0, 0.05) is 32.2 Å². The molecule has 0 radical (unpaired) electrons. The lowest BCUT2D eigenvalue weighted by atomic mass is 10.1. The summed E-state index contributed by atoms with van der Waals surface area (Å²) in [5, 5.41) is 9.45. The first-order valence-electron chi connectivity index (χ1n) is 10.0. The van der Waals surface area contributed by atoms with E-state index in [1.807, 2.05) is 31.2 Å². The van der Waals surface area contributed by atoms with Crippen molar-refractivity contribution in [3.63, 3.8) is 0 Å². The Morgan fingerprint density at radius 3 is 2.37 bits per heavy atom. The summed E-state index contributed by atoms with van der Waals surface area (Å²) >= 11 is 0. The van der Waals surface area contributed by atoms with Crippen molar-refractivity contribution in [1.82, 2.24) is 10.6 Å². The van der Waals surface area contributed by atoms with Gasteiger partial charge in [-0.15, -0.1) is 24.0 Å². The summed E-state index contributed by atoms with van der Waals surface area (Å²) in [6.07, 6.45) is 1.73. The predicted octanol–water partition coefficient (Wildman–Crippen LogP) is 3.92. The topological polar surface area (TPSA) is 74.8 Å². The second kappa shape index (κ2) is 13.8. The van der Waals surface area contributed by atoms with Crippen molar-refractivity contribution in [2.75, 3.05) is 32.1 Å². The number of carbonyl (C=O) groups is 1. The average Bonchev–Trinajstić information content (AvgIpc) is 2.70. The van der Waals surface area contributed by atoms with Gasteiger partial charge in [0.1, 0.15) is 5.75 Å². The lowest BCUT2D eigenvalue weighted by molar-refractivity contribution is -0.114. The van der Waals surface area contributed by atoms with E-state index in [-0.39, 0.29) is 29.9 Å². The molecule has 1 amide bonds. The molecular weight excluding hydrogens is 491 g/mol. The van der Waals surface area contributed by atoms with Gasteiger partial charge in [-0.2, -0.15) is 0 Å². The van der Waals surface area contributed by atoms with Crippen molar-refractivity contribution in [2.24, 2.45) is 4.99 Å². The highest BCUT2D eigenvalue weighted by atomic mass is 127. The minimum absolute atomic E-state index is 0. The summed E-state index contributed by atoms with van der Waals surface area (Å²) in [5.41, 5.74) is 4.37. The summed E-state index contributed by atoms with van der Waals surface area (Å²) in [6, 6.07) is 14.2. The second-order valence-electron chi connectivity index (χ2n) is 6.87. The standard InChI is InChI=1S/C23H32N4O2.HI/c1-5-24-23(26-15-13-20-7-6-17(2)22(16-20)29-4)25-14-12-19-8-10-21(11-9-19)27-18(3)28;/h6-11,16H,5,12-15H2,1-4H3,(H,27,28)(H2,24,25,26);1H. The number of guanidine groups is 1. The van der Waals surface area contributed by atoms with Gasteiger partial charge in [-0.3, -0.25) is 9.79 Å². The number of carbonyl (C=O) groups excluding carboxylic acids is 1. The second-order valence-corrected chi connectivity index (χ2v) is 6.87. The number of halogens is 1. The number of ether oxygens (including phenoxy) is 1. The Morgan fingerprint density at radius 1 is 1.03 bits per heavy atom. The number of benzene rings is 2. The first kappa shape index (κ1) is 25.7. The number of hydrogen-bond acceptors (Lipinski definition) is 3. The average molecular weight is 524 g/mol. The van der Waals surface area contributed by atoms with Gasteiger partial charge in [-0.1, -0.05) is 24.3 Å². The molecule has 0 fully saturated rings. The van der Waals surface area contributed by atoms with Crippen LogP contribution in [-0.4, -0.2) is 38.6 Å². The van der Waals surface area contributed by atoms with Gasteiger partial charge in [0.25, 0.3) is 0 Å². The number of nitrogens with one attached hydrogen (secondary N) is 3. The maximum Gasteiger partial charge on any atom is 0.221 e. The molecule has 7 heteroatoms. The number of amides is 1. The molecule has 2 aromatic rings. The van der Waals surface area contributed by atoms with Crippen LogP contribution in [0.1, 0.15) is 30.5 Å². The van der Waals surface area contributed by atoms with Crippen LogP contribution in [0.25, 0.3) is 0 Å². The Labute approximate surface area is 196 Å². The first-order valence-corrected chi connectivity index (χ1v) is 10.0. The molecule has 0 heterocycles. The molecule has 164 valence electrons. The minimum atomic E-state index is -0.0622. The zero-order valence-corrected chi connectivity index (χ0v) is 20.6. The molecule has 0 unspecified atom stereocenters. The molecular formula is C23H33IN4O2. The van der Waals surface area contributed by atoms with E-state index in [0.29, 0.717) is 6.54 Å². The maximum absolute atomic E-state index is 11.1. The van der Waals surface area contributed by atoms with Crippen LogP contribution in [0.5, 0.6) is 5.75 Å². The van der Waals surface area contributed by atoms with Crippen LogP contribution in [0.15, 0.2) is 47.5 Å². The Balaban J connectivity index is 0.00000450. The summed E-state index contributed by atoms with van der Waals surface area (Å²) in [6.45, 7) is 7.91. The number of anilines is 1. The Hall–Kier alpha value is -2.29. The van der Waals surface area contributed by atoms with E-state index in [4.69, 9.17) is 4.74 Å². The van der Waals surface area contributed by atoms with E-state index >= 15 is 0 Å². The molecule has 0 aromatic heterocycles. The van der Waals surface area contributed by atoms with Crippen molar-refractivity contribution < 1.29 is 9.53 Å². The van der Waals surface area contributed by atoms with Crippen molar-refractivity contribution in [3.05, 3.63) is 59.2 Å². The zero-order valence-electron chi connectivity index (χ0n) is 18.2. The van der Waals surface area contributed by atoms with E-state index in [0.717, 1.165) is 48.9 Å². The van der Waals surface area contributed by atoms with Gasteiger partial charge >= 0.3 is 0 Å². The number of methoxy groups -OCH3 is 1. The summed E-state index contributed by atoms with van der Waals surface area (Å²) in [7, 11) is 1.70. The van der Waals surface area contributed by atoms with Crippen molar-refractivity contribution >= 4 is 41.5 Å². The smallest absolute Gasteiger partial charge is 0.221 e. The maximum atomic E-state index is 11.1. The molecule has 0 bridgehead atoms. The Morgan fingerprint density at radius 2 is 1.73 bits per heavy atom. The van der Waals surface area contributed by atoms with Gasteiger partial charge in [-0.25, -0.2) is 0 Å². The molecule has 6 nitrogen and oxygen atoms in total. The summed E-state index contributed by atoms with van der Waals surface area (Å²) in [5.74, 6) is 1.68. The highest BCUT2D eigenvalue weighted by molar-refractivity contribution is 14.0. The zero-order chi connectivity index (χ0) is 21.1. The molecule has 3 N–H and O–H groups in total. The van der Waals surface area contributed by atoms with Crippen molar-refractivity contribution in [3.8, 4) is 5.75 Å². The van der Waals surface area contributed by atoms with E-state index in [1.165, 1.54) is 18.1 Å². The highest BCUT2D eigenvalue weighted by Gasteiger charge is 2.02. The molecule has 2 aromatic carbocycles. The third kappa shape index (κ3) is 9.02. The monoisotopic (exact) mass is 524 g/mol. The van der Waals surface area contributed by atoms with Crippen LogP contribution < -0.4 is 20.7 Å². The molecule has 0 aliphatic rings. The molecule has 0 spiro atoms. The Bertz CT molecular complexity index is 822. The van der Waals surface area contributed by atoms with Crippen LogP contribution in [0.2, 0.25) is 0 Å². The quantitative estimate of drug-likeness (QED) is 0.264. The van der Waals surface area contributed by atoms with Gasteiger partial charge in [0.15, 0.2) is 5.96 Å². The largest absolute Gasteiger partial charge is 0.496 e. The highest BCUT2D eigenvalue weighted by Crippen LogP contribution is 2.19. The normalized spacial score (nSPS) is 10.7. The van der Waals surface area contributed by atoms with Crippen molar-refractivity contribution in [1.29, 1.82) is 0 Å². The van der Waals surface area contributed by atoms with Gasteiger partial charge in [0.05, 0.1) is 7.11 Å². The lowest BCUT2D eigenvalue weighted by Crippen LogP contribution is -2.38. The van der Waals surface area contributed by atoms with Crippen molar-refractivity contribution in [2.45, 2.75) is 33.6 Å². The van der Waals surface area contributed by atoms with E-state index in [1.54, 1.807) is 7.11 Å².